The number of oxime groups is 2. The van der Waals surface area contributed by atoms with Crippen LogP contribution in [0.2, 0.25) is 0 Å². The van der Waals surface area contributed by atoms with E-state index in [0.29, 0.717) is 18.8 Å². The summed E-state index contributed by atoms with van der Waals surface area (Å²) in [6, 6.07) is 7.06. The molecule has 0 saturated heterocycles. The molecule has 0 radical (unpaired) electrons. The summed E-state index contributed by atoms with van der Waals surface area (Å²) in [7, 11) is 0. The molecule has 130 valence electrons. The van der Waals surface area contributed by atoms with Gasteiger partial charge in [-0.2, -0.15) is 0 Å². The molecule has 0 unspecified atom stereocenters. The van der Waals surface area contributed by atoms with Crippen LogP contribution in [0.25, 0.3) is 0 Å². The van der Waals surface area contributed by atoms with Gasteiger partial charge in [0.15, 0.2) is 0 Å². The molecule has 0 spiro atoms. The van der Waals surface area contributed by atoms with E-state index in [0.717, 1.165) is 37.5 Å². The lowest BCUT2D eigenvalue weighted by atomic mass is 10.2. The summed E-state index contributed by atoms with van der Waals surface area (Å²) in [4.78, 5) is 31.4. The van der Waals surface area contributed by atoms with Crippen molar-refractivity contribution in [3.05, 3.63) is 35.4 Å². The maximum Gasteiger partial charge on any atom is 0.266 e. The Bertz CT molecular complexity index is 568. The van der Waals surface area contributed by atoms with Crippen molar-refractivity contribution in [2.24, 2.45) is 16.0 Å². The average molecular weight is 333 g/mol. The Morgan fingerprint density at radius 3 is 2.21 bits per heavy atom. The van der Waals surface area contributed by atoms with Gasteiger partial charge in [-0.05, 0) is 38.2 Å². The first-order valence-corrected chi connectivity index (χ1v) is 7.80. The Morgan fingerprint density at radius 2 is 1.62 bits per heavy atom. The standard InChI is InChI=1S/C17H23N3O4/c1-14(17(18)22)20-24-11-5-3-2-4-10-23-19-12-15-6-8-16(13-21)9-7-15/h6-9,12-13H,2-5,10-11H2,1H3,(H2,18,22). The molecule has 0 fully saturated rings. The zero-order chi connectivity index (χ0) is 17.6. The van der Waals surface area contributed by atoms with Crippen molar-refractivity contribution in [1.82, 2.24) is 0 Å². The van der Waals surface area contributed by atoms with E-state index >= 15 is 0 Å². The molecule has 0 atom stereocenters. The van der Waals surface area contributed by atoms with E-state index in [2.05, 4.69) is 10.3 Å². The molecular weight excluding hydrogens is 310 g/mol. The highest BCUT2D eigenvalue weighted by Gasteiger charge is 1.98. The van der Waals surface area contributed by atoms with E-state index in [-0.39, 0.29) is 5.71 Å². The summed E-state index contributed by atoms with van der Waals surface area (Å²) >= 11 is 0. The maximum absolute atomic E-state index is 10.7. The second kappa shape index (κ2) is 11.8. The largest absolute Gasteiger partial charge is 0.396 e. The highest BCUT2D eigenvalue weighted by Crippen LogP contribution is 2.02. The third-order valence-electron chi connectivity index (χ3n) is 3.13. The van der Waals surface area contributed by atoms with Gasteiger partial charge in [0.25, 0.3) is 5.91 Å². The van der Waals surface area contributed by atoms with Gasteiger partial charge < -0.3 is 15.4 Å². The Morgan fingerprint density at radius 1 is 1.04 bits per heavy atom. The van der Waals surface area contributed by atoms with Crippen LogP contribution in [0.15, 0.2) is 34.6 Å². The molecule has 2 N–H and O–H groups in total. The van der Waals surface area contributed by atoms with Crippen molar-refractivity contribution >= 4 is 24.1 Å². The molecule has 1 amide bonds. The van der Waals surface area contributed by atoms with Crippen molar-refractivity contribution in [2.75, 3.05) is 13.2 Å². The highest BCUT2D eigenvalue weighted by molar-refractivity contribution is 6.37. The Balaban J connectivity index is 2.00. The Hall–Kier alpha value is -2.70. The van der Waals surface area contributed by atoms with Gasteiger partial charge in [0.2, 0.25) is 0 Å². The van der Waals surface area contributed by atoms with E-state index in [4.69, 9.17) is 15.4 Å². The number of primary amides is 1. The molecule has 1 aromatic rings. The fourth-order valence-corrected chi connectivity index (χ4v) is 1.69. The van der Waals surface area contributed by atoms with Crippen LogP contribution in [-0.2, 0) is 14.5 Å². The zero-order valence-corrected chi connectivity index (χ0v) is 13.8. The first-order valence-electron chi connectivity index (χ1n) is 7.80. The summed E-state index contributed by atoms with van der Waals surface area (Å²) in [5.41, 5.74) is 6.70. The van der Waals surface area contributed by atoms with Crippen LogP contribution < -0.4 is 5.73 Å². The monoisotopic (exact) mass is 333 g/mol. The molecule has 0 aromatic heterocycles. The molecule has 7 nitrogen and oxygen atoms in total. The number of hydrogen-bond acceptors (Lipinski definition) is 6. The van der Waals surface area contributed by atoms with Gasteiger partial charge in [0.1, 0.15) is 25.2 Å². The fraction of sp³-hybridized carbons (Fsp3) is 0.412. The van der Waals surface area contributed by atoms with Gasteiger partial charge in [-0.25, -0.2) is 0 Å². The van der Waals surface area contributed by atoms with Crippen molar-refractivity contribution < 1.29 is 19.3 Å². The fourth-order valence-electron chi connectivity index (χ4n) is 1.69. The minimum absolute atomic E-state index is 0.169. The number of unbranched alkanes of at least 4 members (excludes halogenated alkanes) is 3. The second-order valence-electron chi connectivity index (χ2n) is 5.14. The topological polar surface area (TPSA) is 103 Å². The number of carbonyl (C=O) groups is 2. The summed E-state index contributed by atoms with van der Waals surface area (Å²) in [6.45, 7) is 2.51. The third-order valence-corrected chi connectivity index (χ3v) is 3.13. The van der Waals surface area contributed by atoms with E-state index in [1.165, 1.54) is 6.92 Å². The van der Waals surface area contributed by atoms with Crippen LogP contribution >= 0.6 is 0 Å². The smallest absolute Gasteiger partial charge is 0.266 e. The SMILES string of the molecule is CC(=NOCCCCCCON=Cc1ccc(C=O)cc1)C(N)=O. The van der Waals surface area contributed by atoms with Gasteiger partial charge >= 0.3 is 0 Å². The first-order chi connectivity index (χ1) is 11.6. The number of rotatable bonds is 12. The summed E-state index contributed by atoms with van der Waals surface area (Å²) in [5.74, 6) is -0.576. The summed E-state index contributed by atoms with van der Waals surface area (Å²) in [5, 5.41) is 7.48. The van der Waals surface area contributed by atoms with Crippen LogP contribution in [0.5, 0.6) is 0 Å². The highest BCUT2D eigenvalue weighted by atomic mass is 16.6. The lowest BCUT2D eigenvalue weighted by molar-refractivity contribution is -0.112. The van der Waals surface area contributed by atoms with Gasteiger partial charge in [-0.3, -0.25) is 9.59 Å². The molecule has 1 rings (SSSR count). The number of nitrogens with zero attached hydrogens (tertiary/aromatic N) is 2. The number of aldehydes is 1. The molecule has 1 aromatic carbocycles. The number of carbonyl (C=O) groups excluding carboxylic acids is 2. The molecule has 0 heterocycles. The van der Waals surface area contributed by atoms with Gasteiger partial charge in [-0.1, -0.05) is 34.6 Å². The van der Waals surface area contributed by atoms with Gasteiger partial charge in [0.05, 0.1) is 6.21 Å². The van der Waals surface area contributed by atoms with E-state index in [1.807, 2.05) is 0 Å². The van der Waals surface area contributed by atoms with Gasteiger partial charge in [-0.15, -0.1) is 0 Å². The normalized spacial score (nSPS) is 11.5. The van der Waals surface area contributed by atoms with Crippen molar-refractivity contribution in [1.29, 1.82) is 0 Å². The average Bonchev–Trinajstić information content (AvgIpc) is 2.59. The van der Waals surface area contributed by atoms with Crippen LogP contribution in [0.3, 0.4) is 0 Å². The van der Waals surface area contributed by atoms with Crippen molar-refractivity contribution in [2.45, 2.75) is 32.6 Å². The lowest BCUT2D eigenvalue weighted by Gasteiger charge is -2.01. The predicted octanol–water partition coefficient (Wildman–Crippen LogP) is 2.29. The van der Waals surface area contributed by atoms with Crippen molar-refractivity contribution in [3.8, 4) is 0 Å². The number of nitrogens with two attached hydrogens (primary N) is 1. The summed E-state index contributed by atoms with van der Waals surface area (Å²) in [6.07, 6.45) is 6.12. The molecule has 0 saturated carbocycles. The third kappa shape index (κ3) is 8.67. The van der Waals surface area contributed by atoms with Crippen molar-refractivity contribution in [3.63, 3.8) is 0 Å². The van der Waals surface area contributed by atoms with Crippen LogP contribution in [-0.4, -0.2) is 37.3 Å². The summed E-state index contributed by atoms with van der Waals surface area (Å²) < 4.78 is 0. The molecule has 7 heteroatoms. The molecule has 24 heavy (non-hydrogen) atoms. The molecule has 0 aliphatic rings. The molecular formula is C17H23N3O4. The number of benzene rings is 1. The quantitative estimate of drug-likeness (QED) is 0.274. The Labute approximate surface area is 141 Å². The van der Waals surface area contributed by atoms with E-state index in [9.17, 15) is 9.59 Å². The zero-order valence-electron chi connectivity index (χ0n) is 13.8. The van der Waals surface area contributed by atoms with Gasteiger partial charge in [0, 0.05) is 5.56 Å². The van der Waals surface area contributed by atoms with Crippen LogP contribution in [0, 0.1) is 0 Å². The second-order valence-corrected chi connectivity index (χ2v) is 5.14. The van der Waals surface area contributed by atoms with Crippen LogP contribution in [0.4, 0.5) is 0 Å². The molecule has 0 bridgehead atoms. The van der Waals surface area contributed by atoms with E-state index < -0.39 is 5.91 Å². The minimum Gasteiger partial charge on any atom is -0.396 e. The molecule has 0 aliphatic carbocycles. The lowest BCUT2D eigenvalue weighted by Crippen LogP contribution is -2.20. The number of amides is 1. The molecule has 0 aliphatic heterocycles. The maximum atomic E-state index is 10.7. The first kappa shape index (κ1) is 19.3. The minimum atomic E-state index is -0.576. The predicted molar refractivity (Wildman–Crippen MR) is 92.1 cm³/mol. The Kier molecular flexibility index (Phi) is 9.52. The number of hydrogen-bond donors (Lipinski definition) is 1. The van der Waals surface area contributed by atoms with Crippen LogP contribution in [0.1, 0.15) is 48.5 Å². The van der Waals surface area contributed by atoms with E-state index in [1.54, 1.807) is 30.5 Å².